The van der Waals surface area contributed by atoms with Crippen LogP contribution in [0.1, 0.15) is 17.7 Å². The van der Waals surface area contributed by atoms with Crippen LogP contribution in [0.25, 0.3) is 82.7 Å². The molecular weight excluding hydrogens is 520 g/mol. The van der Waals surface area contributed by atoms with Gasteiger partial charge in [-0.15, -0.1) is 0 Å². The lowest BCUT2D eigenvalue weighted by atomic mass is 9.85. The highest BCUT2D eigenvalue weighted by molar-refractivity contribution is 6.21. The quantitative estimate of drug-likeness (QED) is 0.200. The summed E-state index contributed by atoms with van der Waals surface area (Å²) in [4.78, 5) is 0. The molecule has 0 saturated heterocycles. The maximum absolute atomic E-state index is 6.24. The van der Waals surface area contributed by atoms with E-state index < -0.39 is 0 Å². The van der Waals surface area contributed by atoms with Crippen LogP contribution >= 0.6 is 0 Å². The highest BCUT2D eigenvalue weighted by Crippen LogP contribution is 2.45. The number of benzene rings is 7. The van der Waals surface area contributed by atoms with Gasteiger partial charge in [-0.05, 0) is 90.3 Å². The van der Waals surface area contributed by atoms with Gasteiger partial charge in [0, 0.05) is 17.4 Å². The second-order valence-corrected chi connectivity index (χ2v) is 11.6. The Hall–Kier alpha value is -5.40. The van der Waals surface area contributed by atoms with Gasteiger partial charge in [-0.1, -0.05) is 127 Å². The van der Waals surface area contributed by atoms with E-state index in [0.717, 1.165) is 24.2 Å². The third-order valence-electron chi connectivity index (χ3n) is 9.10. The van der Waals surface area contributed by atoms with Crippen LogP contribution in [0, 0.1) is 0 Å². The summed E-state index contributed by atoms with van der Waals surface area (Å²) >= 11 is 0. The zero-order valence-electron chi connectivity index (χ0n) is 23.7. The molecule has 0 bridgehead atoms. The number of hydrogen-bond acceptors (Lipinski definition) is 1. The molecule has 0 aliphatic heterocycles. The van der Waals surface area contributed by atoms with Crippen molar-refractivity contribution in [3.63, 3.8) is 0 Å². The highest BCUT2D eigenvalue weighted by atomic mass is 16.3. The van der Waals surface area contributed by atoms with Crippen molar-refractivity contribution >= 4 is 49.4 Å². The van der Waals surface area contributed by atoms with Gasteiger partial charge >= 0.3 is 0 Å². The number of fused-ring (bicyclic) bond motifs is 6. The monoisotopic (exact) mass is 548 g/mol. The van der Waals surface area contributed by atoms with E-state index in [1.54, 1.807) is 0 Å². The summed E-state index contributed by atoms with van der Waals surface area (Å²) in [6, 6.07) is 48.8. The van der Waals surface area contributed by atoms with Crippen molar-refractivity contribution in [2.75, 3.05) is 0 Å². The summed E-state index contributed by atoms with van der Waals surface area (Å²) in [5.41, 5.74) is 9.68. The molecule has 0 amide bonds. The first-order valence-corrected chi connectivity index (χ1v) is 15.1. The second kappa shape index (κ2) is 9.58. The van der Waals surface area contributed by atoms with Gasteiger partial charge in [0.2, 0.25) is 0 Å². The first-order chi connectivity index (χ1) is 21.3. The number of rotatable bonds is 3. The maximum atomic E-state index is 6.24. The number of furan rings is 1. The summed E-state index contributed by atoms with van der Waals surface area (Å²) in [5, 5.41) is 8.80. The summed E-state index contributed by atoms with van der Waals surface area (Å²) < 4.78 is 6.24. The van der Waals surface area contributed by atoms with Crippen molar-refractivity contribution in [1.82, 2.24) is 0 Å². The molecule has 0 saturated carbocycles. The molecule has 1 aliphatic carbocycles. The van der Waals surface area contributed by atoms with Gasteiger partial charge in [-0.25, -0.2) is 0 Å². The van der Waals surface area contributed by atoms with Gasteiger partial charge in [0.15, 0.2) is 0 Å². The molecule has 7 aromatic carbocycles. The lowest BCUT2D eigenvalue weighted by molar-refractivity contribution is 0.546. The second-order valence-electron chi connectivity index (χ2n) is 11.6. The first-order valence-electron chi connectivity index (χ1n) is 15.1. The SMILES string of the molecule is C1=Cc2c(oc3ccc(-c4c5ccccc5c(-c5ccc(-c6ccc7ccccc7c6)cc5)c5ccccc45)cc23)CC1. The average molecular weight is 549 g/mol. The van der Waals surface area contributed by atoms with Crippen molar-refractivity contribution in [3.05, 3.63) is 151 Å². The van der Waals surface area contributed by atoms with Crippen LogP contribution in [0.15, 0.2) is 144 Å². The van der Waals surface area contributed by atoms with Crippen molar-refractivity contribution in [2.24, 2.45) is 0 Å². The maximum Gasteiger partial charge on any atom is 0.134 e. The average Bonchev–Trinajstić information content (AvgIpc) is 3.45. The fourth-order valence-electron chi connectivity index (χ4n) is 7.06. The van der Waals surface area contributed by atoms with Crippen LogP contribution in [0.3, 0.4) is 0 Å². The minimum atomic E-state index is 0.968. The van der Waals surface area contributed by atoms with E-state index in [9.17, 15) is 0 Å². The zero-order chi connectivity index (χ0) is 28.3. The van der Waals surface area contributed by atoms with Crippen LogP contribution in [-0.2, 0) is 6.42 Å². The summed E-state index contributed by atoms with van der Waals surface area (Å²) in [5.74, 6) is 1.10. The molecular formula is C42H28O. The number of allylic oxidation sites excluding steroid dienone is 1. The Bertz CT molecular complexity index is 2330. The van der Waals surface area contributed by atoms with Crippen molar-refractivity contribution in [3.8, 4) is 33.4 Å². The molecule has 0 radical (unpaired) electrons. The molecule has 0 N–H and O–H groups in total. The molecule has 8 aromatic rings. The molecule has 0 spiro atoms. The Labute approximate surface area is 250 Å². The standard InChI is InChI=1S/C42H28O/c1-2-10-30-25-31(22-19-27(30)9-1)28-17-20-29(21-18-28)41-34-12-3-5-14-36(34)42(37-15-6-4-13-35(37)41)32-23-24-40-38(26-32)33-11-7-8-16-39(33)43-40/h1-7,9-15,17-26H,8,16H2. The Kier molecular flexibility index (Phi) is 5.39. The van der Waals surface area contributed by atoms with E-state index in [-0.39, 0.29) is 0 Å². The lowest BCUT2D eigenvalue weighted by Crippen LogP contribution is -1.91. The smallest absolute Gasteiger partial charge is 0.134 e. The van der Waals surface area contributed by atoms with Crippen LogP contribution < -0.4 is 0 Å². The first kappa shape index (κ1) is 24.2. The molecule has 1 nitrogen and oxygen atoms in total. The molecule has 0 atom stereocenters. The van der Waals surface area contributed by atoms with E-state index >= 15 is 0 Å². The van der Waals surface area contributed by atoms with E-state index in [0.29, 0.717) is 0 Å². The molecule has 202 valence electrons. The molecule has 1 heterocycles. The minimum absolute atomic E-state index is 0.968. The molecule has 43 heavy (non-hydrogen) atoms. The van der Waals surface area contributed by atoms with Gasteiger partial charge in [0.05, 0.1) is 0 Å². The highest BCUT2D eigenvalue weighted by Gasteiger charge is 2.19. The van der Waals surface area contributed by atoms with Crippen molar-refractivity contribution in [1.29, 1.82) is 0 Å². The van der Waals surface area contributed by atoms with Crippen LogP contribution in [0.5, 0.6) is 0 Å². The van der Waals surface area contributed by atoms with Gasteiger partial charge < -0.3 is 4.42 Å². The topological polar surface area (TPSA) is 13.1 Å². The molecule has 1 heteroatoms. The van der Waals surface area contributed by atoms with Crippen LogP contribution in [-0.4, -0.2) is 0 Å². The molecule has 1 aromatic heterocycles. The molecule has 0 fully saturated rings. The Morgan fingerprint density at radius 1 is 0.442 bits per heavy atom. The summed E-state index contributed by atoms with van der Waals surface area (Å²) in [6.07, 6.45) is 6.50. The van der Waals surface area contributed by atoms with Crippen molar-refractivity contribution < 1.29 is 4.42 Å². The third kappa shape index (κ3) is 3.86. The molecule has 1 aliphatic rings. The number of aryl methyl sites for hydroxylation is 1. The Balaban J connectivity index is 1.24. The van der Waals surface area contributed by atoms with Gasteiger partial charge in [-0.2, -0.15) is 0 Å². The third-order valence-corrected chi connectivity index (χ3v) is 9.10. The number of hydrogen-bond donors (Lipinski definition) is 0. The predicted molar refractivity (Wildman–Crippen MR) is 182 cm³/mol. The molecule has 0 unspecified atom stereocenters. The van der Waals surface area contributed by atoms with Gasteiger partial charge in [0.25, 0.3) is 0 Å². The van der Waals surface area contributed by atoms with E-state index in [1.165, 1.54) is 76.6 Å². The Morgan fingerprint density at radius 3 is 1.74 bits per heavy atom. The summed E-state index contributed by atoms with van der Waals surface area (Å²) in [6.45, 7) is 0. The van der Waals surface area contributed by atoms with E-state index in [4.69, 9.17) is 4.42 Å². The Morgan fingerprint density at radius 2 is 1.02 bits per heavy atom. The molecule has 9 rings (SSSR count). The normalized spacial score (nSPS) is 12.8. The predicted octanol–water partition coefficient (Wildman–Crippen LogP) is 11.9. The van der Waals surface area contributed by atoms with E-state index in [2.05, 4.69) is 146 Å². The fourth-order valence-corrected chi connectivity index (χ4v) is 7.06. The fraction of sp³-hybridized carbons (Fsp3) is 0.0476. The summed E-state index contributed by atoms with van der Waals surface area (Å²) in [7, 11) is 0. The van der Waals surface area contributed by atoms with E-state index in [1.807, 2.05) is 0 Å². The van der Waals surface area contributed by atoms with Gasteiger partial charge in [0.1, 0.15) is 11.3 Å². The van der Waals surface area contributed by atoms with Crippen LogP contribution in [0.2, 0.25) is 0 Å². The minimum Gasteiger partial charge on any atom is -0.460 e. The lowest BCUT2D eigenvalue weighted by Gasteiger charge is -2.18. The van der Waals surface area contributed by atoms with Crippen LogP contribution in [0.4, 0.5) is 0 Å². The largest absolute Gasteiger partial charge is 0.460 e. The van der Waals surface area contributed by atoms with Gasteiger partial charge in [-0.3, -0.25) is 0 Å². The van der Waals surface area contributed by atoms with Crippen molar-refractivity contribution in [2.45, 2.75) is 12.8 Å². The zero-order valence-corrected chi connectivity index (χ0v) is 23.7.